The van der Waals surface area contributed by atoms with Gasteiger partial charge in [0.05, 0.1) is 6.61 Å². The van der Waals surface area contributed by atoms with Gasteiger partial charge in [-0.15, -0.1) is 12.4 Å². The van der Waals surface area contributed by atoms with E-state index < -0.39 is 0 Å². The van der Waals surface area contributed by atoms with Crippen LogP contribution >= 0.6 is 12.4 Å². The maximum Gasteiger partial charge on any atom is 0.116 e. The summed E-state index contributed by atoms with van der Waals surface area (Å²) in [6, 6.07) is 0.688. The van der Waals surface area contributed by atoms with Crippen LogP contribution in [-0.2, 0) is 4.74 Å². The number of hydrogen-bond donors (Lipinski definition) is 1. The summed E-state index contributed by atoms with van der Waals surface area (Å²) in [4.78, 5) is 2.58. The summed E-state index contributed by atoms with van der Waals surface area (Å²) < 4.78 is 6.01. The van der Waals surface area contributed by atoms with Crippen LogP contribution in [0.15, 0.2) is 0 Å². The van der Waals surface area contributed by atoms with Gasteiger partial charge in [-0.1, -0.05) is 6.92 Å². The minimum Gasteiger partial charge on any atom is -0.361 e. The van der Waals surface area contributed by atoms with Gasteiger partial charge in [-0.3, -0.25) is 5.32 Å². The smallest absolute Gasteiger partial charge is 0.116 e. The molecule has 0 saturated carbocycles. The molecule has 3 unspecified atom stereocenters. The molecule has 0 aromatic rings. The molecule has 0 radical (unpaired) electrons. The molecule has 0 aromatic heterocycles. The Bertz CT molecular complexity index is 252. The Morgan fingerprint density at radius 1 is 1.44 bits per heavy atom. The summed E-state index contributed by atoms with van der Waals surface area (Å²) in [5.41, 5.74) is -0.0792. The van der Waals surface area contributed by atoms with E-state index >= 15 is 0 Å². The van der Waals surface area contributed by atoms with E-state index in [1.807, 2.05) is 0 Å². The molecule has 2 aliphatic rings. The molecule has 3 nitrogen and oxygen atoms in total. The monoisotopic (exact) mass is 276 g/mol. The van der Waals surface area contributed by atoms with Crippen molar-refractivity contribution in [3.8, 4) is 0 Å². The maximum absolute atomic E-state index is 6.01. The van der Waals surface area contributed by atoms with Crippen LogP contribution in [0.1, 0.15) is 40.5 Å². The highest BCUT2D eigenvalue weighted by Gasteiger charge is 2.35. The number of nitrogens with zero attached hydrogens (tertiary/aromatic N) is 1. The Kier molecular flexibility index (Phi) is 5.91. The van der Waals surface area contributed by atoms with Gasteiger partial charge in [0.25, 0.3) is 0 Å². The lowest BCUT2D eigenvalue weighted by Gasteiger charge is -2.39. The fraction of sp³-hybridized carbons (Fsp3) is 1.00. The first-order valence-corrected chi connectivity index (χ1v) is 7.11. The molecule has 4 heteroatoms. The van der Waals surface area contributed by atoms with Gasteiger partial charge in [0.2, 0.25) is 0 Å². The van der Waals surface area contributed by atoms with Crippen LogP contribution in [0.2, 0.25) is 0 Å². The van der Waals surface area contributed by atoms with Gasteiger partial charge in [-0.25, -0.2) is 0 Å². The Morgan fingerprint density at radius 3 is 2.67 bits per heavy atom. The minimum absolute atomic E-state index is 0. The van der Waals surface area contributed by atoms with Crippen molar-refractivity contribution in [1.29, 1.82) is 0 Å². The largest absolute Gasteiger partial charge is 0.361 e. The quantitative estimate of drug-likeness (QED) is 0.857. The van der Waals surface area contributed by atoms with Crippen LogP contribution in [0.5, 0.6) is 0 Å². The van der Waals surface area contributed by atoms with Crippen LogP contribution in [0.3, 0.4) is 0 Å². The minimum atomic E-state index is -0.0792. The summed E-state index contributed by atoms with van der Waals surface area (Å²) in [5.74, 6) is 1.45. The molecule has 0 amide bonds. The van der Waals surface area contributed by atoms with Crippen molar-refractivity contribution >= 4 is 12.4 Å². The lowest BCUT2D eigenvalue weighted by Crippen LogP contribution is -2.53. The summed E-state index contributed by atoms with van der Waals surface area (Å²) >= 11 is 0. The fourth-order valence-corrected chi connectivity index (χ4v) is 3.01. The number of rotatable bonds is 3. The highest BCUT2D eigenvalue weighted by Crippen LogP contribution is 2.29. The molecule has 108 valence electrons. The number of halogens is 1. The lowest BCUT2D eigenvalue weighted by molar-refractivity contribution is -0.112. The van der Waals surface area contributed by atoms with Crippen LogP contribution in [0, 0.1) is 11.8 Å². The first-order chi connectivity index (χ1) is 7.98. The summed E-state index contributed by atoms with van der Waals surface area (Å²) in [6.45, 7) is 13.5. The van der Waals surface area contributed by atoms with E-state index in [0.29, 0.717) is 12.0 Å². The second-order valence-corrected chi connectivity index (χ2v) is 6.48. The van der Waals surface area contributed by atoms with E-state index in [0.717, 1.165) is 25.5 Å². The Morgan fingerprint density at radius 2 is 2.17 bits per heavy atom. The normalized spacial score (nSPS) is 37.8. The Labute approximate surface area is 118 Å². The third-order valence-electron chi connectivity index (χ3n) is 4.24. The standard InChI is InChI=1S/C14H28N2O.ClH/c1-11(2)16-6-5-13(9-16)7-14(4)15-8-12(3)10-17-14;/h11-13,15H,5-10H2,1-4H3;1H. The molecule has 2 fully saturated rings. The highest BCUT2D eigenvalue weighted by molar-refractivity contribution is 5.85. The van der Waals surface area contributed by atoms with Gasteiger partial charge in [0.15, 0.2) is 0 Å². The Balaban J connectivity index is 0.00000162. The van der Waals surface area contributed by atoms with Crippen LogP contribution in [0.4, 0.5) is 0 Å². The summed E-state index contributed by atoms with van der Waals surface area (Å²) in [5, 5.41) is 3.58. The second kappa shape index (κ2) is 6.56. The van der Waals surface area contributed by atoms with Gasteiger partial charge < -0.3 is 9.64 Å². The second-order valence-electron chi connectivity index (χ2n) is 6.48. The zero-order chi connectivity index (χ0) is 12.5. The van der Waals surface area contributed by atoms with E-state index in [1.165, 1.54) is 19.5 Å². The molecule has 2 rings (SSSR count). The predicted octanol–water partition coefficient (Wildman–Crippen LogP) is 2.50. The third kappa shape index (κ3) is 4.09. The van der Waals surface area contributed by atoms with Crippen molar-refractivity contribution in [2.45, 2.75) is 52.3 Å². The molecule has 3 atom stereocenters. The molecule has 1 N–H and O–H groups in total. The van der Waals surface area contributed by atoms with Crippen LogP contribution < -0.4 is 5.32 Å². The zero-order valence-electron chi connectivity index (χ0n) is 12.2. The van der Waals surface area contributed by atoms with Crippen molar-refractivity contribution in [3.63, 3.8) is 0 Å². The Hall–Kier alpha value is 0.170. The molecule has 2 heterocycles. The van der Waals surface area contributed by atoms with Crippen LogP contribution in [-0.4, -0.2) is 42.9 Å². The highest BCUT2D eigenvalue weighted by atomic mass is 35.5. The average molecular weight is 277 g/mol. The van der Waals surface area contributed by atoms with Gasteiger partial charge in [0.1, 0.15) is 5.72 Å². The predicted molar refractivity (Wildman–Crippen MR) is 78.2 cm³/mol. The van der Waals surface area contributed by atoms with E-state index in [4.69, 9.17) is 4.74 Å². The SMILES string of the molecule is CC1CNC(C)(CC2CCN(C(C)C)C2)OC1.Cl. The van der Waals surface area contributed by atoms with Gasteiger partial charge in [0, 0.05) is 19.1 Å². The first kappa shape index (κ1) is 16.2. The molecular weight excluding hydrogens is 248 g/mol. The van der Waals surface area contributed by atoms with Gasteiger partial charge in [-0.2, -0.15) is 0 Å². The number of ether oxygens (including phenoxy) is 1. The molecule has 0 aliphatic carbocycles. The molecular formula is C14H29ClN2O. The van der Waals surface area contributed by atoms with E-state index in [2.05, 4.69) is 37.9 Å². The van der Waals surface area contributed by atoms with Gasteiger partial charge >= 0.3 is 0 Å². The van der Waals surface area contributed by atoms with Crippen molar-refractivity contribution in [2.24, 2.45) is 11.8 Å². The molecule has 2 aliphatic heterocycles. The number of likely N-dealkylation sites (tertiary alicyclic amines) is 1. The molecule has 0 spiro atoms. The summed E-state index contributed by atoms with van der Waals surface area (Å²) in [6.07, 6.45) is 2.48. The van der Waals surface area contributed by atoms with Crippen LogP contribution in [0.25, 0.3) is 0 Å². The first-order valence-electron chi connectivity index (χ1n) is 7.11. The average Bonchev–Trinajstić information content (AvgIpc) is 2.71. The molecule has 18 heavy (non-hydrogen) atoms. The fourth-order valence-electron chi connectivity index (χ4n) is 3.01. The molecule has 2 saturated heterocycles. The summed E-state index contributed by atoms with van der Waals surface area (Å²) in [7, 11) is 0. The van der Waals surface area contributed by atoms with E-state index in [-0.39, 0.29) is 18.1 Å². The van der Waals surface area contributed by atoms with Crippen molar-refractivity contribution < 1.29 is 4.74 Å². The number of nitrogens with one attached hydrogen (secondary N) is 1. The zero-order valence-corrected chi connectivity index (χ0v) is 13.1. The topological polar surface area (TPSA) is 24.5 Å². The maximum atomic E-state index is 6.01. The van der Waals surface area contributed by atoms with Crippen molar-refractivity contribution in [3.05, 3.63) is 0 Å². The van der Waals surface area contributed by atoms with E-state index in [1.54, 1.807) is 0 Å². The van der Waals surface area contributed by atoms with Crippen molar-refractivity contribution in [1.82, 2.24) is 10.2 Å². The van der Waals surface area contributed by atoms with Gasteiger partial charge in [-0.05, 0) is 52.0 Å². The third-order valence-corrected chi connectivity index (χ3v) is 4.24. The number of hydrogen-bond acceptors (Lipinski definition) is 3. The van der Waals surface area contributed by atoms with Crippen molar-refractivity contribution in [2.75, 3.05) is 26.2 Å². The van der Waals surface area contributed by atoms with E-state index in [9.17, 15) is 0 Å². The lowest BCUT2D eigenvalue weighted by atomic mass is 9.95. The molecule has 0 aromatic carbocycles. The molecule has 0 bridgehead atoms.